The fourth-order valence-corrected chi connectivity index (χ4v) is 4.55. The highest BCUT2D eigenvalue weighted by atomic mass is 16.5. The molecule has 2 aromatic rings. The maximum atomic E-state index is 13.4. The van der Waals surface area contributed by atoms with Crippen molar-refractivity contribution in [1.82, 2.24) is 9.80 Å². The van der Waals surface area contributed by atoms with E-state index in [-0.39, 0.29) is 11.3 Å². The lowest BCUT2D eigenvalue weighted by Gasteiger charge is -2.30. The number of rotatable bonds is 9. The molecule has 1 aromatic carbocycles. The predicted molar refractivity (Wildman–Crippen MR) is 123 cm³/mol. The molecule has 1 atom stereocenters. The van der Waals surface area contributed by atoms with Gasteiger partial charge < -0.3 is 28.6 Å². The van der Waals surface area contributed by atoms with E-state index in [1.807, 2.05) is 0 Å². The normalized spacial score (nSPS) is 19.1. The van der Waals surface area contributed by atoms with Crippen molar-refractivity contribution >= 4 is 11.7 Å². The van der Waals surface area contributed by atoms with Crippen LogP contribution in [0.25, 0.3) is 0 Å². The zero-order valence-corrected chi connectivity index (χ0v) is 19.7. The van der Waals surface area contributed by atoms with Crippen molar-refractivity contribution in [3.8, 4) is 11.5 Å². The molecule has 0 bridgehead atoms. The SMILES string of the molecule is COc1cccc(C2C(C(=O)c3ccc(C)o3)=C(O)C(=O)N2CCCN2CCOCC2)c1OC. The number of ketones is 1. The van der Waals surface area contributed by atoms with E-state index >= 15 is 0 Å². The fraction of sp³-hybridized carbons (Fsp3) is 0.440. The van der Waals surface area contributed by atoms with Crippen LogP contribution < -0.4 is 9.47 Å². The van der Waals surface area contributed by atoms with Crippen LogP contribution >= 0.6 is 0 Å². The quantitative estimate of drug-likeness (QED) is 0.559. The molecule has 1 fully saturated rings. The second kappa shape index (κ2) is 10.3. The highest BCUT2D eigenvalue weighted by molar-refractivity contribution is 6.15. The number of aryl methyl sites for hydroxylation is 1. The molecule has 1 aromatic heterocycles. The number of para-hydroxylation sites is 1. The summed E-state index contributed by atoms with van der Waals surface area (Å²) in [6, 6.07) is 7.64. The Kier molecular flexibility index (Phi) is 7.23. The number of benzene rings is 1. The highest BCUT2D eigenvalue weighted by Gasteiger charge is 2.45. The lowest BCUT2D eigenvalue weighted by molar-refractivity contribution is -0.129. The van der Waals surface area contributed by atoms with E-state index in [1.54, 1.807) is 37.3 Å². The van der Waals surface area contributed by atoms with Crippen molar-refractivity contribution in [1.29, 1.82) is 0 Å². The van der Waals surface area contributed by atoms with E-state index in [2.05, 4.69) is 4.90 Å². The first-order valence-electron chi connectivity index (χ1n) is 11.3. The van der Waals surface area contributed by atoms with Crippen molar-refractivity contribution in [3.05, 3.63) is 58.7 Å². The first-order chi connectivity index (χ1) is 16.5. The first-order valence-corrected chi connectivity index (χ1v) is 11.3. The van der Waals surface area contributed by atoms with Crippen molar-refractivity contribution in [3.63, 3.8) is 0 Å². The molecule has 2 aliphatic rings. The lowest BCUT2D eigenvalue weighted by atomic mass is 9.94. The number of aliphatic hydroxyl groups is 1. The number of nitrogens with zero attached hydrogens (tertiary/aromatic N) is 2. The molecule has 3 heterocycles. The standard InChI is InChI=1S/C25H30N2O7/c1-16-8-9-18(34-16)22(28)20-21(17-6-4-7-19(31-2)24(17)32-3)27(25(30)23(20)29)11-5-10-26-12-14-33-15-13-26/h4,6-9,21,29H,5,10-15H2,1-3H3. The van der Waals surface area contributed by atoms with Gasteiger partial charge in [0, 0.05) is 31.7 Å². The Morgan fingerprint density at radius 3 is 2.53 bits per heavy atom. The molecule has 9 heteroatoms. The molecule has 9 nitrogen and oxygen atoms in total. The molecule has 0 saturated carbocycles. The number of hydrogen-bond acceptors (Lipinski definition) is 8. The molecule has 0 aliphatic carbocycles. The number of Topliss-reactive ketones (excluding diaryl/α,β-unsaturated/α-hetero) is 1. The molecule has 182 valence electrons. The molecule has 1 N–H and O–H groups in total. The second-order valence-electron chi connectivity index (χ2n) is 8.29. The molecule has 4 rings (SSSR count). The third-order valence-corrected chi connectivity index (χ3v) is 6.22. The molecule has 1 saturated heterocycles. The van der Waals surface area contributed by atoms with E-state index in [4.69, 9.17) is 18.6 Å². The number of morpholine rings is 1. The third kappa shape index (κ3) is 4.53. The number of furan rings is 1. The zero-order chi connectivity index (χ0) is 24.2. The minimum Gasteiger partial charge on any atom is -0.503 e. The van der Waals surface area contributed by atoms with Crippen LogP contribution in [0.2, 0.25) is 0 Å². The Labute approximate surface area is 198 Å². The first kappa shape index (κ1) is 23.8. The minimum atomic E-state index is -0.847. The van der Waals surface area contributed by atoms with Gasteiger partial charge in [-0.2, -0.15) is 0 Å². The molecule has 0 radical (unpaired) electrons. The molecule has 34 heavy (non-hydrogen) atoms. The van der Waals surface area contributed by atoms with Crippen LogP contribution in [-0.2, 0) is 9.53 Å². The lowest BCUT2D eigenvalue weighted by Crippen LogP contribution is -2.39. The molecule has 2 aliphatic heterocycles. The van der Waals surface area contributed by atoms with Crippen LogP contribution in [0.3, 0.4) is 0 Å². The molecule has 1 unspecified atom stereocenters. The maximum absolute atomic E-state index is 13.4. The summed E-state index contributed by atoms with van der Waals surface area (Å²) in [5, 5.41) is 10.9. The summed E-state index contributed by atoms with van der Waals surface area (Å²) in [6.45, 7) is 5.91. The van der Waals surface area contributed by atoms with Crippen molar-refractivity contribution < 1.29 is 33.3 Å². The summed E-state index contributed by atoms with van der Waals surface area (Å²) in [5.74, 6) is -0.211. The number of carbonyl (C=O) groups is 2. The van der Waals surface area contributed by atoms with E-state index in [1.165, 1.54) is 19.1 Å². The summed E-state index contributed by atoms with van der Waals surface area (Å²) in [7, 11) is 3.02. The van der Waals surface area contributed by atoms with E-state index in [9.17, 15) is 14.7 Å². The van der Waals surface area contributed by atoms with Gasteiger partial charge >= 0.3 is 0 Å². The van der Waals surface area contributed by atoms with Gasteiger partial charge in [-0.3, -0.25) is 14.5 Å². The average molecular weight is 471 g/mol. The van der Waals surface area contributed by atoms with Gasteiger partial charge in [-0.1, -0.05) is 12.1 Å². The van der Waals surface area contributed by atoms with Gasteiger partial charge in [-0.05, 0) is 31.5 Å². The molecular formula is C25H30N2O7. The van der Waals surface area contributed by atoms with Gasteiger partial charge in [0.1, 0.15) is 5.76 Å². The number of carbonyl (C=O) groups excluding carboxylic acids is 2. The highest BCUT2D eigenvalue weighted by Crippen LogP contribution is 2.45. The summed E-state index contributed by atoms with van der Waals surface area (Å²) < 4.78 is 22.0. The van der Waals surface area contributed by atoms with Crippen molar-refractivity contribution in [2.24, 2.45) is 0 Å². The molecule has 0 spiro atoms. The maximum Gasteiger partial charge on any atom is 0.290 e. The fourth-order valence-electron chi connectivity index (χ4n) is 4.55. The topological polar surface area (TPSA) is 102 Å². The Morgan fingerprint density at radius 1 is 1.12 bits per heavy atom. The summed E-state index contributed by atoms with van der Waals surface area (Å²) in [4.78, 5) is 30.4. The number of ether oxygens (including phenoxy) is 3. The van der Waals surface area contributed by atoms with Crippen LogP contribution in [-0.4, -0.2) is 80.2 Å². The Balaban J connectivity index is 1.70. The van der Waals surface area contributed by atoms with Crippen molar-refractivity contribution in [2.75, 3.05) is 53.6 Å². The Morgan fingerprint density at radius 2 is 1.88 bits per heavy atom. The van der Waals surface area contributed by atoms with Gasteiger partial charge in [0.05, 0.1) is 39.0 Å². The summed E-state index contributed by atoms with van der Waals surface area (Å²) in [6.07, 6.45) is 0.670. The van der Waals surface area contributed by atoms with E-state index < -0.39 is 23.5 Å². The zero-order valence-electron chi connectivity index (χ0n) is 19.7. The number of methoxy groups -OCH3 is 2. The summed E-state index contributed by atoms with van der Waals surface area (Å²) in [5.41, 5.74) is 0.523. The number of hydrogen-bond donors (Lipinski definition) is 1. The predicted octanol–water partition coefficient (Wildman–Crippen LogP) is 2.91. The van der Waals surface area contributed by atoms with Gasteiger partial charge in [0.2, 0.25) is 5.78 Å². The van der Waals surface area contributed by atoms with Crippen LogP contribution in [0.15, 0.2) is 46.1 Å². The monoisotopic (exact) mass is 470 g/mol. The van der Waals surface area contributed by atoms with E-state index in [0.717, 1.165) is 19.6 Å². The van der Waals surface area contributed by atoms with Gasteiger partial charge in [-0.15, -0.1) is 0 Å². The molecule has 1 amide bonds. The van der Waals surface area contributed by atoms with Crippen LogP contribution in [0, 0.1) is 6.92 Å². The Hall–Kier alpha value is -3.30. The van der Waals surface area contributed by atoms with Crippen LogP contribution in [0.5, 0.6) is 11.5 Å². The third-order valence-electron chi connectivity index (χ3n) is 6.22. The molecular weight excluding hydrogens is 440 g/mol. The van der Waals surface area contributed by atoms with Gasteiger partial charge in [0.15, 0.2) is 23.0 Å². The largest absolute Gasteiger partial charge is 0.503 e. The number of amides is 1. The van der Waals surface area contributed by atoms with Crippen molar-refractivity contribution in [2.45, 2.75) is 19.4 Å². The van der Waals surface area contributed by atoms with E-state index in [0.29, 0.717) is 49.0 Å². The summed E-state index contributed by atoms with van der Waals surface area (Å²) >= 11 is 0. The average Bonchev–Trinajstić information content (AvgIpc) is 3.40. The van der Waals surface area contributed by atoms with Gasteiger partial charge in [-0.25, -0.2) is 0 Å². The smallest absolute Gasteiger partial charge is 0.290 e. The van der Waals surface area contributed by atoms with Crippen LogP contribution in [0.4, 0.5) is 0 Å². The number of aliphatic hydroxyl groups excluding tert-OH is 1. The van der Waals surface area contributed by atoms with Crippen LogP contribution in [0.1, 0.15) is 34.3 Å². The Bertz CT molecular complexity index is 1080. The second-order valence-corrected chi connectivity index (χ2v) is 8.29. The minimum absolute atomic E-state index is 0.0303. The van der Waals surface area contributed by atoms with Gasteiger partial charge in [0.25, 0.3) is 5.91 Å².